The number of hydrogen-bond donors (Lipinski definition) is 2. The number of aromatic nitrogens is 1. The van der Waals surface area contributed by atoms with E-state index in [-0.39, 0.29) is 24.0 Å². The summed E-state index contributed by atoms with van der Waals surface area (Å²) in [4.78, 5) is 17.6. The van der Waals surface area contributed by atoms with Gasteiger partial charge in [0.25, 0.3) is 5.91 Å². The first kappa shape index (κ1) is 16.8. The predicted molar refractivity (Wildman–Crippen MR) is 87.1 cm³/mol. The topological polar surface area (TPSA) is 97.4 Å². The molecule has 1 aromatic rings. The molecule has 2 heterocycles. The molecule has 0 unspecified atom stereocenters. The second-order valence-corrected chi connectivity index (χ2v) is 9.05. The normalized spacial score (nSPS) is 29.9. The van der Waals surface area contributed by atoms with Gasteiger partial charge in [0.15, 0.2) is 0 Å². The summed E-state index contributed by atoms with van der Waals surface area (Å²) in [6.07, 6.45) is 2.50. The first-order chi connectivity index (χ1) is 10.8. The van der Waals surface area contributed by atoms with Crippen molar-refractivity contribution in [2.75, 3.05) is 12.9 Å². The maximum absolute atomic E-state index is 12.6. The Morgan fingerprint density at radius 2 is 2.17 bits per heavy atom. The first-order valence-corrected chi connectivity index (χ1v) is 10.4. The van der Waals surface area contributed by atoms with Gasteiger partial charge in [0.05, 0.1) is 35.1 Å². The zero-order valence-corrected chi connectivity index (χ0v) is 15.0. The fourth-order valence-corrected chi connectivity index (χ4v) is 5.08. The molecule has 2 N–H and O–H groups in total. The molecule has 1 aliphatic carbocycles. The molecule has 2 fully saturated rings. The van der Waals surface area contributed by atoms with Crippen LogP contribution < -0.4 is 10.0 Å². The molecule has 7 nitrogen and oxygen atoms in total. The number of carbonyl (C=O) groups is 1. The molecule has 0 radical (unpaired) electrons. The van der Waals surface area contributed by atoms with Crippen LogP contribution in [0.3, 0.4) is 0 Å². The third-order valence-electron chi connectivity index (χ3n) is 4.38. The monoisotopic (exact) mass is 359 g/mol. The van der Waals surface area contributed by atoms with Gasteiger partial charge in [-0.05, 0) is 19.8 Å². The first-order valence-electron chi connectivity index (χ1n) is 7.66. The molecule has 1 saturated heterocycles. The number of ether oxygens (including phenoxy) is 1. The van der Waals surface area contributed by atoms with Crippen molar-refractivity contribution in [1.29, 1.82) is 0 Å². The van der Waals surface area contributed by atoms with Crippen LogP contribution in [0, 0.1) is 12.8 Å². The highest BCUT2D eigenvalue weighted by atomic mass is 32.2. The Bertz CT molecular complexity index is 716. The second-order valence-electron chi connectivity index (χ2n) is 6.07. The minimum atomic E-state index is -3.36. The van der Waals surface area contributed by atoms with Crippen LogP contribution in [-0.2, 0) is 21.2 Å². The fourth-order valence-electron chi connectivity index (χ4n) is 3.40. The van der Waals surface area contributed by atoms with E-state index < -0.39 is 16.1 Å². The van der Waals surface area contributed by atoms with E-state index in [0.29, 0.717) is 17.9 Å². The summed E-state index contributed by atoms with van der Waals surface area (Å²) in [5, 5.41) is 3.84. The number of hydrogen-bond acceptors (Lipinski definition) is 6. The second kappa shape index (κ2) is 6.12. The minimum Gasteiger partial charge on any atom is -0.376 e. The Morgan fingerprint density at radius 1 is 1.43 bits per heavy atom. The summed E-state index contributed by atoms with van der Waals surface area (Å²) in [5.41, 5.74) is 0.788. The van der Waals surface area contributed by atoms with Crippen molar-refractivity contribution >= 4 is 27.3 Å². The average Bonchev–Trinajstić information content (AvgIpc) is 3.05. The molecule has 9 heteroatoms. The van der Waals surface area contributed by atoms with Crippen molar-refractivity contribution < 1.29 is 17.9 Å². The molecule has 128 valence electrons. The molecule has 1 aromatic heterocycles. The standard InChI is InChI=1S/C14H21N3O4S2/c1-4-9-13(22-7(2)15-9)14(18)16-10-8-5-6-21-12(8)11(10)17-23(3,19)20/h8,10-12,17H,4-6H2,1-3H3,(H,16,18)/t8-,10+,11-,12-/m1/s1. The fraction of sp³-hybridized carbons (Fsp3) is 0.714. The largest absolute Gasteiger partial charge is 0.376 e. The van der Waals surface area contributed by atoms with Crippen LogP contribution in [0.25, 0.3) is 0 Å². The zero-order valence-electron chi connectivity index (χ0n) is 13.3. The van der Waals surface area contributed by atoms with Gasteiger partial charge in [0.2, 0.25) is 10.0 Å². The quantitative estimate of drug-likeness (QED) is 0.795. The van der Waals surface area contributed by atoms with Crippen molar-refractivity contribution in [3.8, 4) is 0 Å². The van der Waals surface area contributed by atoms with Crippen molar-refractivity contribution in [2.24, 2.45) is 5.92 Å². The molecular weight excluding hydrogens is 338 g/mol. The molecule has 1 saturated carbocycles. The number of rotatable bonds is 5. The molecule has 2 aliphatic rings. The predicted octanol–water partition coefficient (Wildman–Crippen LogP) is 0.449. The van der Waals surface area contributed by atoms with Crippen LogP contribution in [0.4, 0.5) is 0 Å². The average molecular weight is 359 g/mol. The third-order valence-corrected chi connectivity index (χ3v) is 6.09. The van der Waals surface area contributed by atoms with E-state index in [2.05, 4.69) is 15.0 Å². The van der Waals surface area contributed by atoms with E-state index in [1.165, 1.54) is 11.3 Å². The Balaban J connectivity index is 1.76. The molecule has 4 atom stereocenters. The van der Waals surface area contributed by atoms with E-state index in [1.807, 2.05) is 13.8 Å². The summed E-state index contributed by atoms with van der Waals surface area (Å²) in [6.45, 7) is 4.44. The number of nitrogens with zero attached hydrogens (tertiary/aromatic N) is 1. The molecule has 1 aliphatic heterocycles. The summed E-state index contributed by atoms with van der Waals surface area (Å²) in [7, 11) is -3.36. The zero-order chi connectivity index (χ0) is 16.8. The van der Waals surface area contributed by atoms with Crippen LogP contribution in [0.5, 0.6) is 0 Å². The number of carbonyl (C=O) groups excluding carboxylic acids is 1. The maximum Gasteiger partial charge on any atom is 0.263 e. The van der Waals surface area contributed by atoms with E-state index in [1.54, 1.807) is 0 Å². The Morgan fingerprint density at radius 3 is 2.83 bits per heavy atom. The van der Waals surface area contributed by atoms with Crippen LogP contribution in [0.1, 0.15) is 33.7 Å². The lowest BCUT2D eigenvalue weighted by Gasteiger charge is -2.47. The van der Waals surface area contributed by atoms with Crippen molar-refractivity contribution in [3.05, 3.63) is 15.6 Å². The van der Waals surface area contributed by atoms with E-state index in [9.17, 15) is 13.2 Å². The van der Waals surface area contributed by atoms with Gasteiger partial charge in [-0.3, -0.25) is 4.79 Å². The number of amides is 1. The van der Waals surface area contributed by atoms with Gasteiger partial charge in [-0.2, -0.15) is 0 Å². The van der Waals surface area contributed by atoms with Crippen molar-refractivity contribution in [1.82, 2.24) is 15.0 Å². The van der Waals surface area contributed by atoms with Crippen LogP contribution in [0.15, 0.2) is 0 Å². The Labute approximate surface area is 139 Å². The van der Waals surface area contributed by atoms with Gasteiger partial charge < -0.3 is 10.1 Å². The summed E-state index contributed by atoms with van der Waals surface area (Å²) < 4.78 is 31.3. The number of sulfonamides is 1. The maximum atomic E-state index is 12.6. The van der Waals surface area contributed by atoms with E-state index in [4.69, 9.17) is 4.74 Å². The number of aryl methyl sites for hydroxylation is 2. The summed E-state index contributed by atoms with van der Waals surface area (Å²) in [6, 6.07) is -0.641. The minimum absolute atomic E-state index is 0.149. The molecule has 0 spiro atoms. The number of nitrogens with one attached hydrogen (secondary N) is 2. The lowest BCUT2D eigenvalue weighted by atomic mass is 9.72. The highest BCUT2D eigenvalue weighted by Crippen LogP contribution is 2.39. The van der Waals surface area contributed by atoms with Gasteiger partial charge in [-0.25, -0.2) is 18.1 Å². The van der Waals surface area contributed by atoms with Gasteiger partial charge >= 0.3 is 0 Å². The molecule has 1 amide bonds. The number of fused-ring (bicyclic) bond motifs is 1. The lowest BCUT2D eigenvalue weighted by molar-refractivity contribution is -0.0193. The van der Waals surface area contributed by atoms with Crippen molar-refractivity contribution in [3.63, 3.8) is 0 Å². The Hall–Kier alpha value is -1.03. The molecule has 3 rings (SSSR count). The SMILES string of the molecule is CCc1nc(C)sc1C(=O)N[C@H]1[C@H]2CCO[C@H]2[C@@H]1NS(C)(=O)=O. The summed E-state index contributed by atoms with van der Waals surface area (Å²) in [5.74, 6) is -0.0135. The van der Waals surface area contributed by atoms with Gasteiger partial charge in [-0.15, -0.1) is 11.3 Å². The van der Waals surface area contributed by atoms with E-state index >= 15 is 0 Å². The van der Waals surface area contributed by atoms with Gasteiger partial charge in [0.1, 0.15) is 4.88 Å². The van der Waals surface area contributed by atoms with Crippen LogP contribution in [0.2, 0.25) is 0 Å². The Kier molecular flexibility index (Phi) is 4.47. The summed E-state index contributed by atoms with van der Waals surface area (Å²) >= 11 is 1.37. The highest BCUT2D eigenvalue weighted by molar-refractivity contribution is 7.88. The molecule has 0 aromatic carbocycles. The van der Waals surface area contributed by atoms with E-state index in [0.717, 1.165) is 23.4 Å². The van der Waals surface area contributed by atoms with Crippen LogP contribution >= 0.6 is 11.3 Å². The molecule has 23 heavy (non-hydrogen) atoms. The van der Waals surface area contributed by atoms with Crippen LogP contribution in [-0.4, -0.2) is 50.4 Å². The van der Waals surface area contributed by atoms with Gasteiger partial charge in [-0.1, -0.05) is 6.92 Å². The van der Waals surface area contributed by atoms with Gasteiger partial charge in [0, 0.05) is 12.5 Å². The number of thiazole rings is 1. The molecular formula is C14H21N3O4S2. The lowest BCUT2D eigenvalue weighted by Crippen LogP contribution is -2.70. The highest BCUT2D eigenvalue weighted by Gasteiger charge is 2.55. The molecule has 0 bridgehead atoms. The third kappa shape index (κ3) is 3.28. The smallest absolute Gasteiger partial charge is 0.263 e. The van der Waals surface area contributed by atoms with Crippen molar-refractivity contribution in [2.45, 2.75) is 44.9 Å².